The van der Waals surface area contributed by atoms with Crippen molar-refractivity contribution < 1.29 is 97.1 Å². The van der Waals surface area contributed by atoms with Gasteiger partial charge in [0.25, 0.3) is 0 Å². The van der Waals surface area contributed by atoms with Gasteiger partial charge in [0.2, 0.25) is 82.7 Å². The van der Waals surface area contributed by atoms with E-state index in [1.807, 2.05) is 0 Å². The second-order valence-electron chi connectivity index (χ2n) is 27.2. The summed E-state index contributed by atoms with van der Waals surface area (Å²) in [5.41, 5.74) is 11.2. The van der Waals surface area contributed by atoms with Crippen LogP contribution in [0.5, 0.6) is 5.75 Å². The predicted octanol–water partition coefficient (Wildman–Crippen LogP) is -3.80. The van der Waals surface area contributed by atoms with Crippen LogP contribution in [-0.4, -0.2) is 241 Å². The fourth-order valence-corrected chi connectivity index (χ4v) is 16.2. The number of phenols is 1. The molecule has 39 heteroatoms. The van der Waals surface area contributed by atoms with Crippen molar-refractivity contribution in [3.05, 3.63) is 65.7 Å². The molecule has 0 radical (unpaired) electrons. The van der Waals surface area contributed by atoms with Gasteiger partial charge in [-0.3, -0.25) is 71.9 Å². The van der Waals surface area contributed by atoms with Gasteiger partial charge < -0.3 is 101 Å². The topological polar surface area (TPSA) is 554 Å². The van der Waals surface area contributed by atoms with E-state index in [1.165, 1.54) is 31.2 Å². The molecule has 4 bridgehead atoms. The Balaban J connectivity index is 1.60. The Morgan fingerprint density at radius 3 is 1.75 bits per heavy atom. The number of carbonyl (C=O) groups is 16. The molecule has 14 amide bonds. The first kappa shape index (κ1) is 85.0. The van der Waals surface area contributed by atoms with Gasteiger partial charge in [-0.05, 0) is 86.5 Å². The van der Waals surface area contributed by atoms with Crippen LogP contribution in [0, 0.1) is 10.8 Å². The lowest BCUT2D eigenvalue weighted by molar-refractivity contribution is -0.143. The summed E-state index contributed by atoms with van der Waals surface area (Å²) in [5, 5.41) is 71.3. The van der Waals surface area contributed by atoms with Gasteiger partial charge in [-0.15, -0.1) is 0 Å². The molecule has 4 saturated heterocycles. The number of nitrogens with two attached hydrogens (primary N) is 2. The zero-order valence-corrected chi connectivity index (χ0v) is 61.9. The SMILES string of the molecule is C[C@@H]1NC(=O)[C@@H]2CCCN2C(=O)[C@H](CC(N)=O)NC(=O)[C@@H]2CCC(C)(C)C(C)(C)C[C@H](N)C(=O)N[C@H]3CSSC[C@H](NC1=O)C(=O)N[C@@H]([C@@H](C)O)C(=O)NCC(=O)N[C@H](C(=O)N[C@@H](Cc1ccc(O)cc1)C(=O)O)CSSC[C@H](NC(=O)[C@H](Cc1ccccc1)NC(=O)[C@H](CCC(=O)O)NC3=O)C(=O)N2. The average Bonchev–Trinajstić information content (AvgIpc) is 1.23. The van der Waals surface area contributed by atoms with E-state index in [2.05, 4.69) is 63.8 Å². The van der Waals surface area contributed by atoms with Crippen molar-refractivity contribution >= 4 is 138 Å². The second kappa shape index (κ2) is 39.4. The van der Waals surface area contributed by atoms with Crippen LogP contribution in [0.4, 0.5) is 0 Å². The Hall–Kier alpha value is -8.92. The summed E-state index contributed by atoms with van der Waals surface area (Å²) in [6.45, 7) is 8.30. The number of primary amides is 1. The number of carboxylic acid groups (broad SMARTS) is 2. The number of carboxylic acids is 2. The maximum Gasteiger partial charge on any atom is 0.326 e. The molecule has 4 aliphatic rings. The highest BCUT2D eigenvalue weighted by Gasteiger charge is 2.45. The van der Waals surface area contributed by atoms with Gasteiger partial charge in [0, 0.05) is 48.8 Å². The maximum absolute atomic E-state index is 15.4. The van der Waals surface area contributed by atoms with E-state index in [0.29, 0.717) is 11.1 Å². The minimum Gasteiger partial charge on any atom is -0.508 e. The summed E-state index contributed by atoms with van der Waals surface area (Å²) < 4.78 is 0. The van der Waals surface area contributed by atoms with E-state index in [4.69, 9.17) is 11.5 Å². The van der Waals surface area contributed by atoms with E-state index in [0.717, 1.165) is 55.0 Å². The van der Waals surface area contributed by atoms with E-state index in [-0.39, 0.29) is 57.2 Å². The molecule has 35 nitrogen and oxygen atoms in total. The number of aliphatic hydroxyl groups excluding tert-OH is 1. The predicted molar refractivity (Wildman–Crippen MR) is 386 cm³/mol. The summed E-state index contributed by atoms with van der Waals surface area (Å²) in [6.07, 6.45) is -4.96. The molecule has 0 aromatic heterocycles. The van der Waals surface area contributed by atoms with Crippen molar-refractivity contribution in [2.45, 2.75) is 190 Å². The van der Waals surface area contributed by atoms with E-state index < -0.39 is 239 Å². The number of aromatic hydroxyl groups is 1. The fraction of sp³-hybridized carbons (Fsp3) is 0.576. The number of hydrogen-bond acceptors (Lipinski definition) is 23. The summed E-state index contributed by atoms with van der Waals surface area (Å²) >= 11 is 0. The number of rotatable bonds is 13. The van der Waals surface area contributed by atoms with Crippen molar-refractivity contribution in [3.8, 4) is 5.75 Å². The molecule has 20 N–H and O–H groups in total. The number of amides is 14. The number of aliphatic hydroxyl groups is 1. The Labute approximate surface area is 620 Å². The molecule has 14 atom stereocenters. The van der Waals surface area contributed by atoms with Crippen molar-refractivity contribution in [2.24, 2.45) is 22.3 Å². The number of hydrogen-bond donors (Lipinski definition) is 18. The van der Waals surface area contributed by atoms with Gasteiger partial charge in [-0.25, -0.2) is 4.79 Å². The minimum absolute atomic E-state index is 0.00256. The molecule has 2 aromatic rings. The molecule has 0 spiro atoms. The first-order chi connectivity index (χ1) is 49.4. The first-order valence-corrected chi connectivity index (χ1v) is 38.8. The Morgan fingerprint density at radius 2 is 1.15 bits per heavy atom. The number of fused-ring (bicyclic) bond motifs is 21. The zero-order valence-electron chi connectivity index (χ0n) is 58.6. The average molecular weight is 1540 g/mol. The highest BCUT2D eigenvalue weighted by atomic mass is 33.1. The van der Waals surface area contributed by atoms with Crippen molar-refractivity contribution in [1.82, 2.24) is 68.7 Å². The number of nitrogens with one attached hydrogen (secondary N) is 12. The number of nitrogens with zero attached hydrogens (tertiary/aromatic N) is 1. The molecule has 4 fully saturated rings. The number of benzene rings is 2. The lowest BCUT2D eigenvalue weighted by Crippen LogP contribution is -2.61. The summed E-state index contributed by atoms with van der Waals surface area (Å²) in [7, 11) is 3.16. The van der Waals surface area contributed by atoms with Crippen molar-refractivity contribution in [1.29, 1.82) is 0 Å². The van der Waals surface area contributed by atoms with Gasteiger partial charge in [0.1, 0.15) is 78.3 Å². The molecule has 2 aromatic carbocycles. The second-order valence-corrected chi connectivity index (χ2v) is 32.3. The standard InChI is InChI=1S/C66H93N15O20S4/c1-32-52(88)77-46-31-105-103-29-44-58(94)72-38(18-19-50(86)87)54(90)74-40(23-34-11-8-7-9-12-34)56(92)79-45(30-104-102-28-43(71-49(85)27-69-62(98)51(33(2)82)80-60(46)96)57(93)76-42(64(100)101)24-35-14-16-36(83)17-15-35)59(95)73-39(20-21-65(3,4)66(5,6)26-37(67)53(89)78-44)55(91)75-41(25-48(68)84)63(99)81-22-10-13-47(81)61(97)70-32/h7-9,11-12,14-17,32-33,37-47,51,82-83H,10,13,18-31,67H2,1-6H3,(H2,68,84)(H,69,98)(H,70,97)(H,71,85)(H,72,94)(H,73,95)(H,74,90)(H,75,91)(H,76,93)(H,77,88)(H,78,89)(H,79,92)(H,80,96)(H,86,87)(H,100,101)/t32-,33+,37-,38-,39-,40-,41-,42-,43-,44-,45-,46-,47-,51-/m0/s1. The van der Waals surface area contributed by atoms with Crippen molar-refractivity contribution in [2.75, 3.05) is 36.1 Å². The fourth-order valence-electron chi connectivity index (χ4n) is 11.6. The number of phenolic OH excluding ortho intramolecular Hbond substituents is 1. The molecule has 0 aliphatic carbocycles. The smallest absolute Gasteiger partial charge is 0.326 e. The van der Waals surface area contributed by atoms with Crippen LogP contribution in [0.1, 0.15) is 104 Å². The van der Waals surface area contributed by atoms with E-state index >= 15 is 14.4 Å². The third-order valence-corrected chi connectivity index (χ3v) is 23.4. The zero-order chi connectivity index (χ0) is 77.6. The maximum atomic E-state index is 15.4. The number of carbonyl (C=O) groups excluding carboxylic acids is 14. The monoisotopic (exact) mass is 1540 g/mol. The van der Waals surface area contributed by atoms with E-state index in [9.17, 15) is 82.8 Å². The van der Waals surface area contributed by atoms with Crippen LogP contribution in [0.3, 0.4) is 0 Å². The lowest BCUT2D eigenvalue weighted by atomic mass is 9.62. The Bertz CT molecular complexity index is 3540. The molecule has 0 saturated carbocycles. The van der Waals surface area contributed by atoms with Gasteiger partial charge in [0.15, 0.2) is 0 Å². The van der Waals surface area contributed by atoms with Crippen LogP contribution < -0.4 is 75.3 Å². The summed E-state index contributed by atoms with van der Waals surface area (Å²) in [5.74, 6) is -20.1. The summed E-state index contributed by atoms with van der Waals surface area (Å²) in [6, 6.07) is -8.45. The van der Waals surface area contributed by atoms with Crippen LogP contribution in [0.15, 0.2) is 54.6 Å². The van der Waals surface area contributed by atoms with Crippen molar-refractivity contribution in [3.63, 3.8) is 0 Å². The van der Waals surface area contributed by atoms with Crippen LogP contribution in [0.25, 0.3) is 0 Å². The lowest BCUT2D eigenvalue weighted by Gasteiger charge is -2.44. The van der Waals surface area contributed by atoms with Crippen LogP contribution in [-0.2, 0) is 89.6 Å². The number of aliphatic carboxylic acids is 2. The highest BCUT2D eigenvalue weighted by Crippen LogP contribution is 2.45. The highest BCUT2D eigenvalue weighted by molar-refractivity contribution is 8.77. The van der Waals surface area contributed by atoms with E-state index in [1.54, 1.807) is 58.0 Å². The molecule has 0 unspecified atom stereocenters. The quantitative estimate of drug-likeness (QED) is 0.0675. The normalized spacial score (nSPS) is 27.9. The Kier molecular flexibility index (Phi) is 31.9. The summed E-state index contributed by atoms with van der Waals surface area (Å²) in [4.78, 5) is 230. The van der Waals surface area contributed by atoms with Gasteiger partial charge in [-0.2, -0.15) is 0 Å². The Morgan fingerprint density at radius 1 is 0.610 bits per heavy atom. The molecular weight excluding hydrogens is 1450 g/mol. The first-order valence-electron chi connectivity index (χ1n) is 33.8. The molecular formula is C66H93N15O20S4. The van der Waals surface area contributed by atoms with Gasteiger partial charge >= 0.3 is 11.9 Å². The van der Waals surface area contributed by atoms with Crippen LogP contribution >= 0.6 is 43.2 Å². The van der Waals surface area contributed by atoms with Gasteiger partial charge in [0.05, 0.1) is 25.1 Å². The minimum atomic E-state index is -1.92. The largest absolute Gasteiger partial charge is 0.508 e. The molecule has 6 rings (SSSR count). The third kappa shape index (κ3) is 25.7. The van der Waals surface area contributed by atoms with Crippen LogP contribution in [0.2, 0.25) is 0 Å². The molecule has 105 heavy (non-hydrogen) atoms. The molecule has 576 valence electrons. The molecule has 4 aliphatic heterocycles. The molecule has 4 heterocycles. The van der Waals surface area contributed by atoms with Gasteiger partial charge in [-0.1, -0.05) is 113 Å². The third-order valence-electron chi connectivity index (χ3n) is 18.5.